The number of nitriles is 1. The van der Waals surface area contributed by atoms with Crippen LogP contribution in [0.3, 0.4) is 0 Å². The Hall–Kier alpha value is -1.81. The number of nitrogens with one attached hydrogen (secondary N) is 1. The van der Waals surface area contributed by atoms with Crippen LogP contribution in [0.5, 0.6) is 0 Å². The lowest BCUT2D eigenvalue weighted by atomic mass is 9.92. The highest BCUT2D eigenvalue weighted by atomic mass is 32.2. The van der Waals surface area contributed by atoms with Gasteiger partial charge in [0.15, 0.2) is 10.7 Å². The van der Waals surface area contributed by atoms with E-state index >= 15 is 0 Å². The molecule has 0 aliphatic rings. The fourth-order valence-electron chi connectivity index (χ4n) is 1.37. The summed E-state index contributed by atoms with van der Waals surface area (Å²) >= 11 is 0.861. The van der Waals surface area contributed by atoms with Crippen molar-refractivity contribution >= 4 is 28.8 Å². The summed E-state index contributed by atoms with van der Waals surface area (Å²) < 4.78 is 0. The molecule has 0 radical (unpaired) electrons. The van der Waals surface area contributed by atoms with Gasteiger partial charge in [-0.25, -0.2) is 4.79 Å². The van der Waals surface area contributed by atoms with Crippen LogP contribution in [0.15, 0.2) is 12.7 Å². The highest BCUT2D eigenvalue weighted by Crippen LogP contribution is 2.20. The third-order valence-electron chi connectivity index (χ3n) is 2.42. The van der Waals surface area contributed by atoms with E-state index in [0.29, 0.717) is 6.42 Å². The van der Waals surface area contributed by atoms with E-state index in [2.05, 4.69) is 11.9 Å². The number of nitrogens with zero attached hydrogens (tertiary/aromatic N) is 1. The number of rotatable bonds is 8. The number of hydrogen-bond donors (Lipinski definition) is 2. The first kappa shape index (κ1) is 17.2. The lowest BCUT2D eigenvalue weighted by Crippen LogP contribution is -2.55. The molecule has 0 saturated carbocycles. The number of hydrogen-bond acceptors (Lipinski definition) is 5. The van der Waals surface area contributed by atoms with Crippen molar-refractivity contribution in [3.8, 4) is 6.07 Å². The lowest BCUT2D eigenvalue weighted by Gasteiger charge is -2.27. The maximum absolute atomic E-state index is 11.6. The molecule has 6 nitrogen and oxygen atoms in total. The van der Waals surface area contributed by atoms with Gasteiger partial charge in [0.2, 0.25) is 5.91 Å². The van der Waals surface area contributed by atoms with Gasteiger partial charge in [0.1, 0.15) is 0 Å². The molecule has 1 unspecified atom stereocenters. The summed E-state index contributed by atoms with van der Waals surface area (Å²) in [4.78, 5) is 34.4. The Morgan fingerprint density at radius 3 is 2.58 bits per heavy atom. The molecule has 0 bridgehead atoms. The van der Waals surface area contributed by atoms with Crippen molar-refractivity contribution in [3.63, 3.8) is 0 Å². The molecule has 0 aliphatic heterocycles. The average Bonchev–Trinajstić information content (AvgIpc) is 2.36. The summed E-state index contributed by atoms with van der Waals surface area (Å²) in [6.45, 7) is 3.46. The molecule has 0 aromatic carbocycles. The molecule has 0 aromatic heterocycles. The van der Waals surface area contributed by atoms with Gasteiger partial charge in [-0.15, -0.1) is 6.58 Å². The Labute approximate surface area is 115 Å². The Balaban J connectivity index is 5.06. The minimum atomic E-state index is -1.85. The Bertz CT molecular complexity index is 416. The molecule has 0 heterocycles. The molecule has 0 rings (SSSR count). The molecule has 19 heavy (non-hydrogen) atoms. The second kappa shape index (κ2) is 8.32. The Kier molecular flexibility index (Phi) is 7.53. The van der Waals surface area contributed by atoms with E-state index in [1.807, 2.05) is 0 Å². The van der Waals surface area contributed by atoms with E-state index in [1.54, 1.807) is 6.07 Å². The van der Waals surface area contributed by atoms with Crippen LogP contribution in [0.2, 0.25) is 0 Å². The normalized spacial score (nSPS) is 12.8. The summed E-state index contributed by atoms with van der Waals surface area (Å²) in [5.41, 5.74) is -1.85. The molecule has 2 N–H and O–H groups in total. The highest BCUT2D eigenvalue weighted by molar-refractivity contribution is 8.13. The maximum atomic E-state index is 11.6. The van der Waals surface area contributed by atoms with Crippen LogP contribution < -0.4 is 5.32 Å². The average molecular weight is 284 g/mol. The van der Waals surface area contributed by atoms with Crippen molar-refractivity contribution in [1.29, 1.82) is 5.26 Å². The zero-order chi connectivity index (χ0) is 14.9. The van der Waals surface area contributed by atoms with Crippen LogP contribution in [0, 0.1) is 11.3 Å². The molecule has 1 amide bonds. The van der Waals surface area contributed by atoms with Gasteiger partial charge in [-0.1, -0.05) is 17.8 Å². The van der Waals surface area contributed by atoms with E-state index in [4.69, 9.17) is 5.26 Å². The molecule has 0 fully saturated rings. The van der Waals surface area contributed by atoms with Crippen LogP contribution in [0.25, 0.3) is 0 Å². The second-order valence-corrected chi connectivity index (χ2v) is 4.71. The number of carboxylic acids is 1. The van der Waals surface area contributed by atoms with Crippen molar-refractivity contribution in [2.45, 2.75) is 31.2 Å². The van der Waals surface area contributed by atoms with Gasteiger partial charge < -0.3 is 10.4 Å². The van der Waals surface area contributed by atoms with Gasteiger partial charge in [0.25, 0.3) is 0 Å². The van der Waals surface area contributed by atoms with Gasteiger partial charge >= 0.3 is 5.97 Å². The predicted octanol–water partition coefficient (Wildman–Crippen LogP) is 1.09. The summed E-state index contributed by atoms with van der Waals surface area (Å²) in [6, 6.07) is 1.70. The quantitative estimate of drug-likeness (QED) is 0.646. The molecule has 0 aliphatic carbocycles. The molecule has 0 saturated heterocycles. The number of allylic oxidation sites excluding steroid dienone is 1. The fourth-order valence-corrected chi connectivity index (χ4v) is 1.76. The smallest absolute Gasteiger partial charge is 0.331 e. The minimum Gasteiger partial charge on any atom is -0.479 e. The van der Waals surface area contributed by atoms with E-state index < -0.39 is 35.4 Å². The first-order valence-corrected chi connectivity index (χ1v) is 6.73. The van der Waals surface area contributed by atoms with E-state index in [1.165, 1.54) is 12.3 Å². The second-order valence-electron chi connectivity index (χ2n) is 3.85. The maximum Gasteiger partial charge on any atom is 0.331 e. The number of carboxylic acid groups (broad SMARTS) is 1. The minimum absolute atomic E-state index is 0.0669. The molecular formula is C12H16N2O4S. The van der Waals surface area contributed by atoms with Crippen LogP contribution in [-0.4, -0.2) is 33.9 Å². The Morgan fingerprint density at radius 1 is 1.53 bits per heavy atom. The van der Waals surface area contributed by atoms with Crippen LogP contribution >= 0.6 is 11.8 Å². The molecule has 0 aromatic rings. The van der Waals surface area contributed by atoms with Crippen LogP contribution in [0.4, 0.5) is 0 Å². The highest BCUT2D eigenvalue weighted by Gasteiger charge is 2.41. The summed E-state index contributed by atoms with van der Waals surface area (Å²) in [7, 11) is 0. The number of carbonyl (C=O) groups excluding carboxylic acids is 2. The first-order chi connectivity index (χ1) is 8.91. The van der Waals surface area contributed by atoms with E-state index in [9.17, 15) is 19.5 Å². The monoisotopic (exact) mass is 284 g/mol. The zero-order valence-electron chi connectivity index (χ0n) is 10.6. The Morgan fingerprint density at radius 2 is 2.16 bits per heavy atom. The summed E-state index contributed by atoms with van der Waals surface area (Å²) in [5.74, 6) is -1.91. The van der Waals surface area contributed by atoms with Crippen molar-refractivity contribution in [1.82, 2.24) is 5.32 Å². The first-order valence-electron chi connectivity index (χ1n) is 5.51. The number of amides is 1. The van der Waals surface area contributed by atoms with Gasteiger partial charge in [-0.2, -0.15) is 5.26 Å². The van der Waals surface area contributed by atoms with E-state index in [-0.39, 0.29) is 6.42 Å². The van der Waals surface area contributed by atoms with Crippen molar-refractivity contribution in [2.24, 2.45) is 0 Å². The van der Waals surface area contributed by atoms with Gasteiger partial charge in [-0.05, 0) is 12.7 Å². The molecule has 104 valence electrons. The fraction of sp³-hybridized carbons (Fsp3) is 0.500. The largest absolute Gasteiger partial charge is 0.479 e. The zero-order valence-corrected chi connectivity index (χ0v) is 11.5. The summed E-state index contributed by atoms with van der Waals surface area (Å²) in [5, 5.41) is 19.8. The van der Waals surface area contributed by atoms with Crippen LogP contribution in [-0.2, 0) is 14.4 Å². The lowest BCUT2D eigenvalue weighted by molar-refractivity contribution is -0.148. The van der Waals surface area contributed by atoms with Gasteiger partial charge in [0, 0.05) is 6.42 Å². The standard InChI is InChI=1S/C12H16N2O4S/c1-3-4-5-9(15)14-12(6-7-13,11(17)18)8-10(16)19-2/h3H,1,4-6,8H2,2H3,(H,14,15)(H,17,18). The van der Waals surface area contributed by atoms with Crippen molar-refractivity contribution in [3.05, 3.63) is 12.7 Å². The molecule has 7 heteroatoms. The number of thioether (sulfide) groups is 1. The van der Waals surface area contributed by atoms with Crippen LogP contribution in [0.1, 0.15) is 25.7 Å². The molecule has 1 atom stereocenters. The molecular weight excluding hydrogens is 268 g/mol. The van der Waals surface area contributed by atoms with Gasteiger partial charge in [0.05, 0.1) is 18.9 Å². The predicted molar refractivity (Wildman–Crippen MR) is 71.3 cm³/mol. The number of aliphatic carboxylic acids is 1. The molecule has 0 spiro atoms. The van der Waals surface area contributed by atoms with Crippen molar-refractivity contribution in [2.75, 3.05) is 6.26 Å². The SMILES string of the molecule is C=CCCC(=O)NC(CC#N)(CC(=O)SC)C(=O)O. The third-order valence-corrected chi connectivity index (χ3v) is 3.02. The third kappa shape index (κ3) is 5.57. The van der Waals surface area contributed by atoms with E-state index in [0.717, 1.165) is 11.8 Å². The van der Waals surface area contributed by atoms with Gasteiger partial charge in [-0.3, -0.25) is 9.59 Å². The number of carbonyl (C=O) groups is 3. The summed E-state index contributed by atoms with van der Waals surface area (Å²) in [6.07, 6.45) is 2.62. The van der Waals surface area contributed by atoms with Crippen molar-refractivity contribution < 1.29 is 19.5 Å². The topological polar surface area (TPSA) is 107 Å².